The molecule has 32 heavy (non-hydrogen) atoms. The van der Waals surface area contributed by atoms with Crippen molar-refractivity contribution in [2.24, 2.45) is 39.9 Å². The maximum absolute atomic E-state index is 11.5. The van der Waals surface area contributed by atoms with Crippen LogP contribution in [0.5, 0.6) is 0 Å². The molecule has 1 aromatic rings. The Kier molecular flexibility index (Phi) is 5.74. The summed E-state index contributed by atoms with van der Waals surface area (Å²) >= 11 is 0. The number of hydrogen-bond donors (Lipinski definition) is 0. The fourth-order valence-electron chi connectivity index (χ4n) is 9.40. The molecule has 0 aromatic heterocycles. The first-order valence-electron chi connectivity index (χ1n) is 13.5. The van der Waals surface area contributed by atoms with Gasteiger partial charge in [-0.2, -0.15) is 0 Å². The molecule has 4 fully saturated rings. The van der Waals surface area contributed by atoms with Gasteiger partial charge in [-0.15, -0.1) is 0 Å². The fourth-order valence-corrected chi connectivity index (χ4v) is 9.40. The zero-order valence-corrected chi connectivity index (χ0v) is 20.9. The summed E-state index contributed by atoms with van der Waals surface area (Å²) in [5, 5.41) is 0. The minimum Gasteiger partial charge on any atom is -0.463 e. The Balaban J connectivity index is 1.31. The first-order chi connectivity index (χ1) is 15.3. The SMILES string of the molecule is CC(=O)O[C@@H]1CC[C@@]2(C)[C@H](CC[C@@H]3[C@@H]2CC[C@@]2(C)[C@H]3CC[C@@]2(C)CCc2ccccc2)C1. The van der Waals surface area contributed by atoms with Crippen LogP contribution in [0.1, 0.15) is 97.5 Å². The van der Waals surface area contributed by atoms with Gasteiger partial charge < -0.3 is 4.74 Å². The van der Waals surface area contributed by atoms with E-state index in [1.54, 1.807) is 6.92 Å². The number of fused-ring (bicyclic) bond motifs is 5. The predicted octanol–water partition coefficient (Wildman–Crippen LogP) is 7.60. The Hall–Kier alpha value is -1.31. The van der Waals surface area contributed by atoms with Crippen molar-refractivity contribution in [2.45, 2.75) is 104 Å². The van der Waals surface area contributed by atoms with Gasteiger partial charge in [0.05, 0.1) is 0 Å². The van der Waals surface area contributed by atoms with Crippen molar-refractivity contribution in [3.63, 3.8) is 0 Å². The van der Waals surface area contributed by atoms with Crippen LogP contribution in [0.4, 0.5) is 0 Å². The first kappa shape index (κ1) is 22.5. The van der Waals surface area contributed by atoms with Crippen LogP contribution < -0.4 is 0 Å². The molecular formula is C30H44O2. The van der Waals surface area contributed by atoms with Crippen molar-refractivity contribution >= 4 is 5.97 Å². The summed E-state index contributed by atoms with van der Waals surface area (Å²) in [4.78, 5) is 11.5. The van der Waals surface area contributed by atoms with E-state index in [1.807, 2.05) is 0 Å². The Labute approximate surface area is 195 Å². The lowest BCUT2D eigenvalue weighted by Gasteiger charge is -2.62. The fraction of sp³-hybridized carbons (Fsp3) is 0.767. The number of carbonyl (C=O) groups is 1. The molecule has 0 radical (unpaired) electrons. The van der Waals surface area contributed by atoms with Crippen LogP contribution in [0, 0.1) is 39.9 Å². The Bertz CT molecular complexity index is 832. The highest BCUT2D eigenvalue weighted by atomic mass is 16.5. The highest BCUT2D eigenvalue weighted by molar-refractivity contribution is 5.66. The molecule has 4 aliphatic carbocycles. The normalized spacial score (nSPS) is 45.4. The molecule has 0 unspecified atom stereocenters. The summed E-state index contributed by atoms with van der Waals surface area (Å²) in [5.74, 6) is 3.36. The minimum atomic E-state index is -0.0959. The molecule has 2 heteroatoms. The maximum Gasteiger partial charge on any atom is 0.302 e. The third-order valence-corrected chi connectivity index (χ3v) is 11.5. The lowest BCUT2D eigenvalue weighted by atomic mass is 9.43. The number of esters is 1. The molecule has 176 valence electrons. The van der Waals surface area contributed by atoms with Crippen LogP contribution in [0.2, 0.25) is 0 Å². The summed E-state index contributed by atoms with van der Waals surface area (Å²) < 4.78 is 5.66. The third-order valence-electron chi connectivity index (χ3n) is 11.5. The Morgan fingerprint density at radius 3 is 2.44 bits per heavy atom. The average Bonchev–Trinajstić information content (AvgIpc) is 3.04. The summed E-state index contributed by atoms with van der Waals surface area (Å²) in [5.41, 5.74) is 2.95. The van der Waals surface area contributed by atoms with Gasteiger partial charge in [-0.05, 0) is 116 Å². The highest BCUT2D eigenvalue weighted by Gasteiger charge is 2.63. The quantitative estimate of drug-likeness (QED) is 0.454. The molecule has 5 rings (SSSR count). The number of benzene rings is 1. The van der Waals surface area contributed by atoms with Crippen LogP contribution >= 0.6 is 0 Å². The predicted molar refractivity (Wildman–Crippen MR) is 130 cm³/mol. The molecule has 4 saturated carbocycles. The molecule has 2 nitrogen and oxygen atoms in total. The number of rotatable bonds is 4. The van der Waals surface area contributed by atoms with Crippen molar-refractivity contribution in [1.82, 2.24) is 0 Å². The zero-order valence-electron chi connectivity index (χ0n) is 20.9. The molecule has 1 aromatic carbocycles. The Morgan fingerprint density at radius 1 is 0.938 bits per heavy atom. The third kappa shape index (κ3) is 3.55. The van der Waals surface area contributed by atoms with Gasteiger partial charge in [0, 0.05) is 6.92 Å². The van der Waals surface area contributed by atoms with Gasteiger partial charge in [-0.25, -0.2) is 0 Å². The topological polar surface area (TPSA) is 26.3 Å². The summed E-state index contributed by atoms with van der Waals surface area (Å²) in [7, 11) is 0. The number of carbonyl (C=O) groups excluding carboxylic acids is 1. The first-order valence-corrected chi connectivity index (χ1v) is 13.5. The number of hydrogen-bond acceptors (Lipinski definition) is 2. The van der Waals surface area contributed by atoms with Crippen molar-refractivity contribution in [3.05, 3.63) is 35.9 Å². The van der Waals surface area contributed by atoms with Crippen LogP contribution in [-0.4, -0.2) is 12.1 Å². The molecule has 0 heterocycles. The molecule has 0 N–H and O–H groups in total. The van der Waals surface area contributed by atoms with E-state index in [1.165, 1.54) is 63.4 Å². The average molecular weight is 437 g/mol. The number of aryl methyl sites for hydroxylation is 1. The number of ether oxygens (including phenoxy) is 1. The van der Waals surface area contributed by atoms with Crippen molar-refractivity contribution in [2.75, 3.05) is 0 Å². The standard InChI is InChI=1S/C30H44O2/c1-21(31)32-24-13-18-29(3)23(20-24)10-11-25-26(29)15-19-30(4)27(25)14-17-28(30,2)16-12-22-8-6-5-7-9-22/h5-9,23-27H,10-20H2,1-4H3/t23-,24-,25-,26+,27+,28-,29+,30+/m1/s1. The Morgan fingerprint density at radius 2 is 1.69 bits per heavy atom. The monoisotopic (exact) mass is 436 g/mol. The van der Waals surface area contributed by atoms with Crippen molar-refractivity contribution in [3.8, 4) is 0 Å². The van der Waals surface area contributed by atoms with Gasteiger partial charge in [-0.1, -0.05) is 51.1 Å². The summed E-state index contributed by atoms with van der Waals surface area (Å²) in [6.45, 7) is 9.50. The van der Waals surface area contributed by atoms with Crippen LogP contribution in [0.3, 0.4) is 0 Å². The van der Waals surface area contributed by atoms with E-state index in [4.69, 9.17) is 4.74 Å². The second kappa shape index (κ2) is 8.17. The van der Waals surface area contributed by atoms with E-state index < -0.39 is 0 Å². The van der Waals surface area contributed by atoms with E-state index in [2.05, 4.69) is 51.1 Å². The van der Waals surface area contributed by atoms with Crippen molar-refractivity contribution < 1.29 is 9.53 Å². The van der Waals surface area contributed by atoms with E-state index in [-0.39, 0.29) is 12.1 Å². The second-order valence-corrected chi connectivity index (χ2v) is 12.7. The van der Waals surface area contributed by atoms with E-state index >= 15 is 0 Å². The molecule has 0 spiro atoms. The molecule has 0 saturated heterocycles. The molecule has 0 aliphatic heterocycles. The van der Waals surface area contributed by atoms with Gasteiger partial charge in [0.1, 0.15) is 6.10 Å². The van der Waals surface area contributed by atoms with Gasteiger partial charge >= 0.3 is 5.97 Å². The van der Waals surface area contributed by atoms with Gasteiger partial charge in [-0.3, -0.25) is 4.79 Å². The highest BCUT2D eigenvalue weighted by Crippen LogP contribution is 2.71. The van der Waals surface area contributed by atoms with E-state index in [0.29, 0.717) is 16.2 Å². The summed E-state index contributed by atoms with van der Waals surface area (Å²) in [6, 6.07) is 11.1. The maximum atomic E-state index is 11.5. The van der Waals surface area contributed by atoms with E-state index in [9.17, 15) is 4.79 Å². The lowest BCUT2D eigenvalue weighted by molar-refractivity contribution is -0.162. The lowest BCUT2D eigenvalue weighted by Crippen LogP contribution is -2.55. The van der Waals surface area contributed by atoms with Crippen molar-refractivity contribution in [1.29, 1.82) is 0 Å². The smallest absolute Gasteiger partial charge is 0.302 e. The minimum absolute atomic E-state index is 0.0959. The molecule has 8 atom stereocenters. The molecule has 4 aliphatic rings. The van der Waals surface area contributed by atoms with E-state index in [0.717, 1.165) is 36.5 Å². The molecule has 0 bridgehead atoms. The summed E-state index contributed by atoms with van der Waals surface area (Å²) in [6.07, 6.45) is 14.6. The van der Waals surface area contributed by atoms with Gasteiger partial charge in [0.15, 0.2) is 0 Å². The largest absolute Gasteiger partial charge is 0.463 e. The van der Waals surface area contributed by atoms with Crippen LogP contribution in [-0.2, 0) is 16.0 Å². The molecular weight excluding hydrogens is 392 g/mol. The zero-order chi connectivity index (χ0) is 22.6. The van der Waals surface area contributed by atoms with Crippen LogP contribution in [0.15, 0.2) is 30.3 Å². The van der Waals surface area contributed by atoms with Crippen LogP contribution in [0.25, 0.3) is 0 Å². The van der Waals surface area contributed by atoms with Gasteiger partial charge in [0.25, 0.3) is 0 Å². The van der Waals surface area contributed by atoms with Gasteiger partial charge in [0.2, 0.25) is 0 Å². The molecule has 0 amide bonds. The second-order valence-electron chi connectivity index (χ2n) is 12.7.